The molecule has 1 aromatic carbocycles. The number of hydrogen-bond donors (Lipinski definition) is 0. The number of rotatable bonds is 6. The van der Waals surface area contributed by atoms with Crippen molar-refractivity contribution in [2.45, 2.75) is 17.9 Å². The van der Waals surface area contributed by atoms with Gasteiger partial charge in [-0.3, -0.25) is 4.90 Å². The molecule has 0 aliphatic carbocycles. The van der Waals surface area contributed by atoms with E-state index in [9.17, 15) is 16.8 Å². The van der Waals surface area contributed by atoms with E-state index in [0.29, 0.717) is 6.54 Å². The fraction of sp³-hybridized carbons (Fsp3) is 0.538. The third kappa shape index (κ3) is 5.22. The molecule has 0 aliphatic rings. The smallest absolute Gasteiger partial charge is 0.175 e. The Hall–Kier alpha value is -0.920. The number of nitrogens with zero attached hydrogens (tertiary/aromatic N) is 1. The molecule has 5 nitrogen and oxygen atoms in total. The van der Waals surface area contributed by atoms with Crippen molar-refractivity contribution in [3.8, 4) is 0 Å². The van der Waals surface area contributed by atoms with Crippen LogP contribution in [0.15, 0.2) is 29.2 Å². The molecule has 0 aromatic heterocycles. The normalized spacial score (nSPS) is 14.4. The minimum atomic E-state index is -3.19. The molecular formula is C13H21NO4S2. The Morgan fingerprint density at radius 1 is 1.05 bits per heavy atom. The van der Waals surface area contributed by atoms with Crippen LogP contribution in [0.25, 0.3) is 0 Å². The molecule has 0 unspecified atom stereocenters. The van der Waals surface area contributed by atoms with Gasteiger partial charge in [0.05, 0.1) is 10.6 Å². The highest BCUT2D eigenvalue weighted by Crippen LogP contribution is 2.20. The van der Waals surface area contributed by atoms with Gasteiger partial charge in [-0.2, -0.15) is 0 Å². The summed E-state index contributed by atoms with van der Waals surface area (Å²) in [6.45, 7) is 2.39. The van der Waals surface area contributed by atoms with E-state index in [4.69, 9.17) is 0 Å². The minimum Gasteiger partial charge on any atom is -0.299 e. The van der Waals surface area contributed by atoms with E-state index in [-0.39, 0.29) is 16.7 Å². The summed E-state index contributed by atoms with van der Waals surface area (Å²) in [7, 11) is -4.32. The Balaban J connectivity index is 2.79. The molecular weight excluding hydrogens is 298 g/mol. The average molecular weight is 319 g/mol. The molecule has 0 spiro atoms. The van der Waals surface area contributed by atoms with E-state index in [1.165, 1.54) is 12.5 Å². The van der Waals surface area contributed by atoms with Gasteiger partial charge in [0.1, 0.15) is 9.84 Å². The number of hydrogen-bond acceptors (Lipinski definition) is 5. The fourth-order valence-corrected chi connectivity index (χ4v) is 3.00. The van der Waals surface area contributed by atoms with Gasteiger partial charge in [0.15, 0.2) is 9.84 Å². The molecule has 1 aromatic rings. The van der Waals surface area contributed by atoms with Crippen molar-refractivity contribution < 1.29 is 16.8 Å². The first-order valence-corrected chi connectivity index (χ1v) is 10.1. The zero-order chi connectivity index (χ0) is 15.6. The first-order valence-electron chi connectivity index (χ1n) is 6.18. The SMILES string of the molecule is C[C@H](c1ccc(S(C)(=O)=O)cc1)N(C)CCS(C)(=O)=O. The Morgan fingerprint density at radius 3 is 1.95 bits per heavy atom. The first-order chi connectivity index (χ1) is 9.00. The summed E-state index contributed by atoms with van der Waals surface area (Å²) in [5.41, 5.74) is 0.952. The average Bonchev–Trinajstić information content (AvgIpc) is 2.33. The van der Waals surface area contributed by atoms with Gasteiger partial charge in [0, 0.05) is 25.1 Å². The summed E-state index contributed by atoms with van der Waals surface area (Å²) >= 11 is 0. The van der Waals surface area contributed by atoms with Crippen LogP contribution in [0.5, 0.6) is 0 Å². The van der Waals surface area contributed by atoms with Gasteiger partial charge >= 0.3 is 0 Å². The van der Waals surface area contributed by atoms with E-state index in [1.54, 1.807) is 24.3 Å². The summed E-state index contributed by atoms with van der Waals surface area (Å²) in [5, 5.41) is 0. The zero-order valence-electron chi connectivity index (χ0n) is 12.2. The minimum absolute atomic E-state index is 0.0189. The van der Waals surface area contributed by atoms with Crippen LogP contribution in [0.1, 0.15) is 18.5 Å². The molecule has 0 aliphatic heterocycles. The molecule has 0 fully saturated rings. The van der Waals surface area contributed by atoms with Crippen LogP contribution in [0.3, 0.4) is 0 Å². The number of sulfone groups is 2. The van der Waals surface area contributed by atoms with Crippen molar-refractivity contribution in [1.82, 2.24) is 4.90 Å². The molecule has 0 amide bonds. The van der Waals surface area contributed by atoms with Crippen molar-refractivity contribution in [3.63, 3.8) is 0 Å². The molecule has 1 rings (SSSR count). The van der Waals surface area contributed by atoms with Crippen LogP contribution < -0.4 is 0 Å². The lowest BCUT2D eigenvalue weighted by Crippen LogP contribution is -2.28. The fourth-order valence-electron chi connectivity index (χ4n) is 1.75. The summed E-state index contributed by atoms with van der Waals surface area (Å²) in [4.78, 5) is 2.21. The quantitative estimate of drug-likeness (QED) is 0.786. The molecule has 0 saturated heterocycles. The van der Waals surface area contributed by atoms with E-state index in [2.05, 4.69) is 0 Å². The van der Waals surface area contributed by atoms with E-state index in [1.807, 2.05) is 18.9 Å². The highest BCUT2D eigenvalue weighted by molar-refractivity contribution is 7.91. The lowest BCUT2D eigenvalue weighted by molar-refractivity contribution is 0.276. The lowest BCUT2D eigenvalue weighted by Gasteiger charge is -2.24. The summed E-state index contributed by atoms with van der Waals surface area (Å²) in [6, 6.07) is 6.69. The van der Waals surface area contributed by atoms with Crippen molar-refractivity contribution >= 4 is 19.7 Å². The van der Waals surface area contributed by atoms with E-state index >= 15 is 0 Å². The molecule has 1 atom stereocenters. The monoisotopic (exact) mass is 319 g/mol. The lowest BCUT2D eigenvalue weighted by atomic mass is 10.1. The van der Waals surface area contributed by atoms with Crippen LogP contribution in [0, 0.1) is 0 Å². The molecule has 0 radical (unpaired) electrons. The maximum atomic E-state index is 11.4. The second-order valence-corrected chi connectivity index (χ2v) is 9.40. The highest BCUT2D eigenvalue weighted by atomic mass is 32.2. The Kier molecular flexibility index (Phi) is 5.34. The topological polar surface area (TPSA) is 71.5 Å². The summed E-state index contributed by atoms with van der Waals surface area (Å²) < 4.78 is 45.1. The molecule has 7 heteroatoms. The van der Waals surface area contributed by atoms with Gasteiger partial charge in [0.25, 0.3) is 0 Å². The predicted octanol–water partition coefficient (Wildman–Crippen LogP) is 1.13. The standard InChI is InChI=1S/C13H21NO4S2/c1-11(14(2)9-10-19(3,15)16)12-5-7-13(8-6-12)20(4,17)18/h5-8,11H,9-10H2,1-4H3/t11-/m1/s1. The van der Waals surface area contributed by atoms with Crippen LogP contribution >= 0.6 is 0 Å². The Morgan fingerprint density at radius 2 is 1.55 bits per heavy atom. The molecule has 114 valence electrons. The van der Waals surface area contributed by atoms with Gasteiger partial charge in [-0.05, 0) is 31.7 Å². The second kappa shape index (κ2) is 6.24. The zero-order valence-corrected chi connectivity index (χ0v) is 13.8. The van der Waals surface area contributed by atoms with Gasteiger partial charge in [-0.15, -0.1) is 0 Å². The van der Waals surface area contributed by atoms with Crippen LogP contribution in [0.4, 0.5) is 0 Å². The highest BCUT2D eigenvalue weighted by Gasteiger charge is 2.14. The van der Waals surface area contributed by atoms with E-state index in [0.717, 1.165) is 5.56 Å². The second-order valence-electron chi connectivity index (χ2n) is 5.13. The predicted molar refractivity (Wildman–Crippen MR) is 80.3 cm³/mol. The molecule has 0 N–H and O–H groups in total. The van der Waals surface area contributed by atoms with Crippen molar-refractivity contribution in [2.24, 2.45) is 0 Å². The Labute approximate surface area is 121 Å². The number of benzene rings is 1. The van der Waals surface area contributed by atoms with Gasteiger partial charge in [0.2, 0.25) is 0 Å². The summed E-state index contributed by atoms with van der Waals surface area (Å²) in [5.74, 6) is 0.106. The largest absolute Gasteiger partial charge is 0.299 e. The van der Waals surface area contributed by atoms with Crippen LogP contribution in [-0.2, 0) is 19.7 Å². The van der Waals surface area contributed by atoms with Crippen molar-refractivity contribution in [3.05, 3.63) is 29.8 Å². The van der Waals surface area contributed by atoms with E-state index < -0.39 is 19.7 Å². The van der Waals surface area contributed by atoms with Gasteiger partial charge in [-0.1, -0.05) is 12.1 Å². The summed E-state index contributed by atoms with van der Waals surface area (Å²) in [6.07, 6.45) is 2.38. The molecule has 20 heavy (non-hydrogen) atoms. The third-order valence-corrected chi connectivity index (χ3v) is 5.32. The third-order valence-electron chi connectivity index (χ3n) is 3.27. The van der Waals surface area contributed by atoms with Crippen LogP contribution in [0.2, 0.25) is 0 Å². The van der Waals surface area contributed by atoms with Gasteiger partial charge < -0.3 is 0 Å². The van der Waals surface area contributed by atoms with Crippen LogP contribution in [-0.4, -0.2) is 53.6 Å². The molecule has 0 heterocycles. The molecule has 0 saturated carbocycles. The van der Waals surface area contributed by atoms with Gasteiger partial charge in [-0.25, -0.2) is 16.8 Å². The van der Waals surface area contributed by atoms with Crippen molar-refractivity contribution in [2.75, 3.05) is 31.9 Å². The molecule has 0 bridgehead atoms. The Bertz CT molecular complexity index is 648. The maximum Gasteiger partial charge on any atom is 0.175 e. The maximum absolute atomic E-state index is 11.4. The first kappa shape index (κ1) is 17.1. The van der Waals surface area contributed by atoms with Crippen molar-refractivity contribution in [1.29, 1.82) is 0 Å².